The fraction of sp³-hybridized carbons (Fsp3) is 0.500. The molecular formula is C16H22BrN. The van der Waals surface area contributed by atoms with Crippen molar-refractivity contribution in [2.24, 2.45) is 5.73 Å². The normalized spacial score (nSPS) is 21.6. The lowest BCUT2D eigenvalue weighted by molar-refractivity contribution is 0.602. The van der Waals surface area contributed by atoms with E-state index in [1.165, 1.54) is 48.8 Å². The molecule has 0 amide bonds. The number of hydrogen-bond donors (Lipinski definition) is 1. The van der Waals surface area contributed by atoms with Crippen molar-refractivity contribution in [1.29, 1.82) is 0 Å². The van der Waals surface area contributed by atoms with Gasteiger partial charge < -0.3 is 5.73 Å². The van der Waals surface area contributed by atoms with Gasteiger partial charge in [-0.05, 0) is 49.8 Å². The number of nitrogens with two attached hydrogens (primary N) is 1. The smallest absolute Gasteiger partial charge is 0.0511 e. The van der Waals surface area contributed by atoms with Gasteiger partial charge in [-0.15, -0.1) is 0 Å². The summed E-state index contributed by atoms with van der Waals surface area (Å²) in [6.07, 6.45) is 10.1. The Hall–Kier alpha value is -0.600. The van der Waals surface area contributed by atoms with Gasteiger partial charge in [-0.1, -0.05) is 52.6 Å². The van der Waals surface area contributed by atoms with Gasteiger partial charge in [-0.3, -0.25) is 0 Å². The van der Waals surface area contributed by atoms with Crippen LogP contribution in [0.4, 0.5) is 0 Å². The summed E-state index contributed by atoms with van der Waals surface area (Å²) in [5.41, 5.74) is 10.3. The average Bonchev–Trinajstić information content (AvgIpc) is 2.31. The minimum atomic E-state index is 0.0786. The van der Waals surface area contributed by atoms with E-state index in [1.54, 1.807) is 0 Å². The zero-order valence-corrected chi connectivity index (χ0v) is 12.7. The maximum atomic E-state index is 6.43. The fourth-order valence-corrected chi connectivity index (χ4v) is 2.82. The van der Waals surface area contributed by atoms with E-state index in [9.17, 15) is 0 Å². The first kappa shape index (κ1) is 13.8. The molecule has 1 aliphatic rings. The molecule has 0 aliphatic heterocycles. The Bertz CT molecular complexity index is 437. The van der Waals surface area contributed by atoms with Gasteiger partial charge in [0.05, 0.1) is 6.04 Å². The van der Waals surface area contributed by atoms with E-state index in [0.717, 1.165) is 10.9 Å². The molecule has 1 aromatic rings. The van der Waals surface area contributed by atoms with Crippen molar-refractivity contribution in [2.45, 2.75) is 51.5 Å². The van der Waals surface area contributed by atoms with Crippen molar-refractivity contribution in [2.75, 3.05) is 0 Å². The van der Waals surface area contributed by atoms with E-state index in [1.807, 2.05) is 0 Å². The first-order valence-electron chi connectivity index (χ1n) is 6.89. The molecule has 1 unspecified atom stereocenters. The molecule has 0 heterocycles. The van der Waals surface area contributed by atoms with Crippen LogP contribution in [-0.4, -0.2) is 0 Å². The number of allylic oxidation sites excluding steroid dienone is 1. The van der Waals surface area contributed by atoms with Gasteiger partial charge in [0.2, 0.25) is 0 Å². The van der Waals surface area contributed by atoms with Crippen molar-refractivity contribution in [3.05, 3.63) is 45.4 Å². The predicted molar refractivity (Wildman–Crippen MR) is 81.6 cm³/mol. The molecule has 1 aromatic carbocycles. The first-order valence-corrected chi connectivity index (χ1v) is 7.68. The first-order chi connectivity index (χ1) is 8.68. The number of halogens is 1. The molecule has 1 aliphatic carbocycles. The van der Waals surface area contributed by atoms with Gasteiger partial charge >= 0.3 is 0 Å². The molecule has 18 heavy (non-hydrogen) atoms. The van der Waals surface area contributed by atoms with Crippen LogP contribution >= 0.6 is 15.9 Å². The largest absolute Gasteiger partial charge is 0.321 e. The van der Waals surface area contributed by atoms with E-state index >= 15 is 0 Å². The van der Waals surface area contributed by atoms with Crippen molar-refractivity contribution >= 4 is 15.9 Å². The summed E-state index contributed by atoms with van der Waals surface area (Å²) in [5.74, 6) is 0. The summed E-state index contributed by atoms with van der Waals surface area (Å²) in [4.78, 5) is 0. The van der Waals surface area contributed by atoms with E-state index in [0.29, 0.717) is 0 Å². The highest BCUT2D eigenvalue weighted by molar-refractivity contribution is 9.10. The van der Waals surface area contributed by atoms with Crippen LogP contribution in [0.25, 0.3) is 0 Å². The van der Waals surface area contributed by atoms with Crippen LogP contribution in [0.1, 0.15) is 55.7 Å². The summed E-state index contributed by atoms with van der Waals surface area (Å²) in [5, 5.41) is 0. The third-order valence-electron chi connectivity index (χ3n) is 3.77. The molecule has 2 rings (SSSR count). The van der Waals surface area contributed by atoms with E-state index in [4.69, 9.17) is 5.73 Å². The Morgan fingerprint density at radius 2 is 1.94 bits per heavy atom. The molecule has 0 bridgehead atoms. The second-order valence-corrected chi connectivity index (χ2v) is 6.07. The summed E-state index contributed by atoms with van der Waals surface area (Å²) < 4.78 is 1.16. The molecule has 1 nitrogen and oxygen atoms in total. The highest BCUT2D eigenvalue weighted by Gasteiger charge is 2.13. The Morgan fingerprint density at radius 1 is 1.17 bits per heavy atom. The maximum absolute atomic E-state index is 6.43. The highest BCUT2D eigenvalue weighted by atomic mass is 79.9. The van der Waals surface area contributed by atoms with E-state index in [2.05, 4.69) is 47.1 Å². The summed E-state index contributed by atoms with van der Waals surface area (Å²) in [6, 6.07) is 6.53. The minimum absolute atomic E-state index is 0.0786. The molecule has 2 N–H and O–H groups in total. The van der Waals surface area contributed by atoms with Gasteiger partial charge in [0.25, 0.3) is 0 Å². The highest BCUT2D eigenvalue weighted by Crippen LogP contribution is 2.29. The molecule has 0 spiro atoms. The Kier molecular flexibility index (Phi) is 5.02. The van der Waals surface area contributed by atoms with Gasteiger partial charge in [0, 0.05) is 4.47 Å². The van der Waals surface area contributed by atoms with E-state index < -0.39 is 0 Å². The van der Waals surface area contributed by atoms with Crippen LogP contribution in [0.3, 0.4) is 0 Å². The van der Waals surface area contributed by atoms with Gasteiger partial charge in [-0.2, -0.15) is 0 Å². The third kappa shape index (κ3) is 3.46. The lowest BCUT2D eigenvalue weighted by Gasteiger charge is -2.19. The molecule has 0 radical (unpaired) electrons. The summed E-state index contributed by atoms with van der Waals surface area (Å²) in [7, 11) is 0. The molecular weight excluding hydrogens is 286 g/mol. The van der Waals surface area contributed by atoms with Gasteiger partial charge in [0.1, 0.15) is 0 Å². The third-order valence-corrected chi connectivity index (χ3v) is 4.66. The van der Waals surface area contributed by atoms with Crippen LogP contribution in [0.15, 0.2) is 34.3 Å². The Labute approximate surface area is 119 Å². The Morgan fingerprint density at radius 3 is 2.72 bits per heavy atom. The quantitative estimate of drug-likeness (QED) is 0.761. The van der Waals surface area contributed by atoms with Crippen LogP contribution in [0.2, 0.25) is 0 Å². The lowest BCUT2D eigenvalue weighted by Crippen LogP contribution is -2.14. The second-order valence-electron chi connectivity index (χ2n) is 5.22. The molecule has 2 heteroatoms. The fourth-order valence-electron chi connectivity index (χ4n) is 2.57. The number of rotatable bonds is 2. The molecule has 98 valence electrons. The maximum Gasteiger partial charge on any atom is 0.0511 e. The van der Waals surface area contributed by atoms with Gasteiger partial charge in [-0.25, -0.2) is 0 Å². The van der Waals surface area contributed by atoms with Crippen LogP contribution < -0.4 is 5.73 Å². The van der Waals surface area contributed by atoms with E-state index in [-0.39, 0.29) is 6.04 Å². The van der Waals surface area contributed by atoms with Crippen molar-refractivity contribution in [3.8, 4) is 0 Å². The summed E-state index contributed by atoms with van der Waals surface area (Å²) >= 11 is 3.54. The minimum Gasteiger partial charge on any atom is -0.321 e. The molecule has 0 aromatic heterocycles. The predicted octanol–water partition coefficient (Wildman–Crippen LogP) is 5.04. The van der Waals surface area contributed by atoms with Gasteiger partial charge in [0.15, 0.2) is 0 Å². The van der Waals surface area contributed by atoms with Crippen molar-refractivity contribution in [3.63, 3.8) is 0 Å². The molecule has 0 saturated heterocycles. The zero-order valence-electron chi connectivity index (χ0n) is 11.1. The number of hydrogen-bond acceptors (Lipinski definition) is 1. The zero-order chi connectivity index (χ0) is 13.0. The Balaban J connectivity index is 2.18. The average molecular weight is 308 g/mol. The number of benzene rings is 1. The van der Waals surface area contributed by atoms with Crippen LogP contribution in [-0.2, 0) is 0 Å². The second kappa shape index (κ2) is 6.53. The van der Waals surface area contributed by atoms with Crippen LogP contribution in [0.5, 0.6) is 0 Å². The summed E-state index contributed by atoms with van der Waals surface area (Å²) in [6.45, 7) is 2.12. The molecule has 1 atom stereocenters. The molecule has 0 fully saturated rings. The molecule has 0 saturated carbocycles. The SMILES string of the molecule is Cc1cc(C(N)/C2=C/CCCCCC2)ccc1Br. The standard InChI is InChI=1S/C16H22BrN/c1-12-11-14(9-10-15(12)17)16(18)13-7-5-3-2-4-6-8-13/h7,9-11,16H,2-6,8,18H2,1H3/b13-7+. The lowest BCUT2D eigenvalue weighted by atomic mass is 9.91. The van der Waals surface area contributed by atoms with Crippen molar-refractivity contribution in [1.82, 2.24) is 0 Å². The van der Waals surface area contributed by atoms with Crippen molar-refractivity contribution < 1.29 is 0 Å². The monoisotopic (exact) mass is 307 g/mol. The number of aryl methyl sites for hydroxylation is 1. The topological polar surface area (TPSA) is 26.0 Å². The van der Waals surface area contributed by atoms with Crippen LogP contribution in [0, 0.1) is 6.92 Å².